The molecule has 0 saturated carbocycles. The molecule has 0 radical (unpaired) electrons. The van der Waals surface area contributed by atoms with Crippen molar-refractivity contribution in [2.24, 2.45) is 0 Å². The van der Waals surface area contributed by atoms with E-state index in [0.29, 0.717) is 18.8 Å². The van der Waals surface area contributed by atoms with Crippen molar-refractivity contribution in [2.75, 3.05) is 42.6 Å². The van der Waals surface area contributed by atoms with E-state index in [0.717, 1.165) is 5.69 Å². The number of carbonyl (C=O) groups is 2. The highest BCUT2D eigenvalue weighted by Crippen LogP contribution is 2.26. The number of aliphatic hydroxyl groups is 3. The zero-order chi connectivity index (χ0) is 22.7. The lowest BCUT2D eigenvalue weighted by atomic mass is 10.1. The van der Waals surface area contributed by atoms with Crippen LogP contribution in [0.15, 0.2) is 48.5 Å². The van der Waals surface area contributed by atoms with Gasteiger partial charge in [0.1, 0.15) is 6.10 Å². The Bertz CT molecular complexity index is 966. The van der Waals surface area contributed by atoms with E-state index in [1.807, 2.05) is 17.0 Å². The van der Waals surface area contributed by atoms with Crippen LogP contribution in [0.25, 0.3) is 0 Å². The Balaban J connectivity index is 1.36. The van der Waals surface area contributed by atoms with Crippen molar-refractivity contribution in [3.8, 4) is 0 Å². The largest absolute Gasteiger partial charge is 0.442 e. The zero-order valence-electron chi connectivity index (χ0n) is 17.3. The fourth-order valence-corrected chi connectivity index (χ4v) is 3.79. The number of hydrogen-bond donors (Lipinski definition) is 4. The van der Waals surface area contributed by atoms with Crippen LogP contribution >= 0.6 is 0 Å². The van der Waals surface area contributed by atoms with Crippen LogP contribution in [0.3, 0.4) is 0 Å². The second kappa shape index (κ2) is 9.53. The van der Waals surface area contributed by atoms with Crippen molar-refractivity contribution in [3.05, 3.63) is 59.7 Å². The molecule has 10 nitrogen and oxygen atoms in total. The van der Waals surface area contributed by atoms with E-state index in [4.69, 9.17) is 9.47 Å². The monoisotopic (exact) mass is 443 g/mol. The summed E-state index contributed by atoms with van der Waals surface area (Å²) >= 11 is 0. The first-order valence-corrected chi connectivity index (χ1v) is 10.3. The average Bonchev–Trinajstić information content (AvgIpc) is 3.18. The van der Waals surface area contributed by atoms with E-state index >= 15 is 0 Å². The molecule has 2 aliphatic heterocycles. The van der Waals surface area contributed by atoms with Crippen LogP contribution in [-0.2, 0) is 9.47 Å². The first-order valence-electron chi connectivity index (χ1n) is 10.3. The molecule has 4 N–H and O–H groups in total. The van der Waals surface area contributed by atoms with E-state index in [-0.39, 0.29) is 30.8 Å². The van der Waals surface area contributed by atoms with Gasteiger partial charge in [-0.25, -0.2) is 4.79 Å². The minimum Gasteiger partial charge on any atom is -0.442 e. The molecule has 170 valence electrons. The van der Waals surface area contributed by atoms with Crippen molar-refractivity contribution in [2.45, 2.75) is 18.6 Å². The third kappa shape index (κ3) is 4.68. The third-order valence-electron chi connectivity index (χ3n) is 5.44. The Morgan fingerprint density at radius 3 is 2.56 bits per heavy atom. The summed E-state index contributed by atoms with van der Waals surface area (Å²) in [5.41, 5.74) is 1.71. The smallest absolute Gasteiger partial charge is 0.414 e. The van der Waals surface area contributed by atoms with Crippen LogP contribution in [-0.4, -0.2) is 72.5 Å². The lowest BCUT2D eigenvalue weighted by Crippen LogP contribution is -2.45. The van der Waals surface area contributed by atoms with E-state index in [1.165, 1.54) is 17.0 Å². The predicted molar refractivity (Wildman–Crippen MR) is 114 cm³/mol. The normalized spacial score (nSPS) is 21.1. The molecule has 2 amide bonds. The van der Waals surface area contributed by atoms with Crippen molar-refractivity contribution in [1.82, 2.24) is 5.32 Å². The Morgan fingerprint density at radius 1 is 1.12 bits per heavy atom. The summed E-state index contributed by atoms with van der Waals surface area (Å²) in [6, 6.07) is 13.4. The highest BCUT2D eigenvalue weighted by Gasteiger charge is 2.33. The first kappa shape index (κ1) is 22.0. The van der Waals surface area contributed by atoms with Crippen LogP contribution in [0.5, 0.6) is 0 Å². The van der Waals surface area contributed by atoms with E-state index in [2.05, 4.69) is 5.32 Å². The van der Waals surface area contributed by atoms with E-state index in [9.17, 15) is 24.9 Å². The number of morpholine rings is 1. The maximum absolute atomic E-state index is 12.5. The average molecular weight is 443 g/mol. The molecule has 4 rings (SSSR count). The molecule has 2 aromatic carbocycles. The third-order valence-corrected chi connectivity index (χ3v) is 5.44. The molecule has 2 unspecified atom stereocenters. The lowest BCUT2D eigenvalue weighted by molar-refractivity contribution is -0.0429. The molecular weight excluding hydrogens is 418 g/mol. The summed E-state index contributed by atoms with van der Waals surface area (Å²) in [5.74, 6) is -0.489. The van der Waals surface area contributed by atoms with Gasteiger partial charge in [-0.15, -0.1) is 0 Å². The molecule has 0 aliphatic carbocycles. The maximum atomic E-state index is 12.5. The number of aliphatic hydroxyl groups excluding tert-OH is 2. The molecule has 2 heterocycles. The summed E-state index contributed by atoms with van der Waals surface area (Å²) in [6.45, 7) is 1.68. The molecule has 2 fully saturated rings. The summed E-state index contributed by atoms with van der Waals surface area (Å²) in [6.07, 6.45) is -3.55. The van der Waals surface area contributed by atoms with Crippen LogP contribution in [0.2, 0.25) is 0 Å². The number of rotatable bonds is 6. The van der Waals surface area contributed by atoms with Crippen molar-refractivity contribution >= 4 is 23.4 Å². The van der Waals surface area contributed by atoms with Crippen LogP contribution in [0.1, 0.15) is 22.2 Å². The summed E-state index contributed by atoms with van der Waals surface area (Å²) in [7, 11) is 0. The summed E-state index contributed by atoms with van der Waals surface area (Å²) in [4.78, 5) is 28.1. The molecule has 0 spiro atoms. The minimum absolute atomic E-state index is 0.0784. The highest BCUT2D eigenvalue weighted by atomic mass is 16.6. The molecule has 0 aromatic heterocycles. The number of hydrogen-bond acceptors (Lipinski definition) is 8. The molecule has 2 saturated heterocycles. The predicted octanol–water partition coefficient (Wildman–Crippen LogP) is 0.580. The SMILES string of the molecule is O=C(NCC1CN(c2ccc(N3CCOCC3O)cc2)C(=O)O1)c1ccccc1C(O)O. The van der Waals surface area contributed by atoms with Gasteiger partial charge in [-0.3, -0.25) is 9.69 Å². The molecular formula is C22H25N3O7. The second-order valence-electron chi connectivity index (χ2n) is 7.55. The molecule has 2 aliphatic rings. The Morgan fingerprint density at radius 2 is 1.84 bits per heavy atom. The van der Waals surface area contributed by atoms with Crippen molar-refractivity contribution < 1.29 is 34.4 Å². The van der Waals surface area contributed by atoms with Gasteiger partial charge in [0.05, 0.1) is 26.3 Å². The standard InChI is InChI=1S/C22H25N3O7/c26-19-13-31-10-9-24(19)14-5-7-15(8-6-14)25-12-16(32-22(25)30)11-23-20(27)17-3-1-2-4-18(17)21(28)29/h1-8,16,19,21,26,28-29H,9-13H2,(H,23,27). The van der Waals surface area contributed by atoms with Gasteiger partial charge < -0.3 is 35.0 Å². The number of amides is 2. The van der Waals surface area contributed by atoms with Gasteiger partial charge >= 0.3 is 6.09 Å². The number of ether oxygens (including phenoxy) is 2. The molecule has 32 heavy (non-hydrogen) atoms. The maximum Gasteiger partial charge on any atom is 0.414 e. The summed E-state index contributed by atoms with van der Waals surface area (Å²) in [5, 5.41) is 31.6. The highest BCUT2D eigenvalue weighted by molar-refractivity contribution is 5.96. The Kier molecular flexibility index (Phi) is 6.56. The first-order chi connectivity index (χ1) is 15.4. The number of cyclic esters (lactones) is 1. The van der Waals surface area contributed by atoms with E-state index < -0.39 is 30.6 Å². The fraction of sp³-hybridized carbons (Fsp3) is 0.364. The number of nitrogens with zero attached hydrogens (tertiary/aromatic N) is 2. The number of anilines is 2. The summed E-state index contributed by atoms with van der Waals surface area (Å²) < 4.78 is 10.6. The second-order valence-corrected chi connectivity index (χ2v) is 7.55. The van der Waals surface area contributed by atoms with Gasteiger partial charge in [-0.2, -0.15) is 0 Å². The van der Waals surface area contributed by atoms with Crippen LogP contribution in [0.4, 0.5) is 16.2 Å². The van der Waals surface area contributed by atoms with Crippen molar-refractivity contribution in [1.29, 1.82) is 0 Å². The van der Waals surface area contributed by atoms with Gasteiger partial charge in [0.25, 0.3) is 5.91 Å². The van der Waals surface area contributed by atoms with Gasteiger partial charge in [0.15, 0.2) is 12.5 Å². The Labute approximate surface area is 184 Å². The number of nitrogens with one attached hydrogen (secondary N) is 1. The lowest BCUT2D eigenvalue weighted by Gasteiger charge is -2.34. The zero-order valence-corrected chi connectivity index (χ0v) is 17.3. The number of carbonyl (C=O) groups excluding carboxylic acids is 2. The van der Waals surface area contributed by atoms with Crippen molar-refractivity contribution in [3.63, 3.8) is 0 Å². The molecule has 10 heteroatoms. The van der Waals surface area contributed by atoms with Gasteiger partial charge in [0.2, 0.25) is 0 Å². The van der Waals surface area contributed by atoms with Crippen LogP contribution < -0.4 is 15.1 Å². The van der Waals surface area contributed by atoms with Gasteiger partial charge in [-0.05, 0) is 30.3 Å². The Hall–Kier alpha value is -3.18. The molecule has 2 aromatic rings. The topological polar surface area (TPSA) is 132 Å². The van der Waals surface area contributed by atoms with Gasteiger partial charge in [-0.1, -0.05) is 18.2 Å². The van der Waals surface area contributed by atoms with E-state index in [1.54, 1.807) is 24.3 Å². The number of benzene rings is 2. The van der Waals surface area contributed by atoms with Crippen LogP contribution in [0, 0.1) is 0 Å². The fourth-order valence-electron chi connectivity index (χ4n) is 3.79. The molecule has 0 bridgehead atoms. The minimum atomic E-state index is -1.77. The molecule has 2 atom stereocenters. The quantitative estimate of drug-likeness (QED) is 0.477. The van der Waals surface area contributed by atoms with Gasteiger partial charge in [0, 0.05) is 29.0 Å².